The van der Waals surface area contributed by atoms with Crippen LogP contribution in [0.15, 0.2) is 43.0 Å². The molecule has 1 atom stereocenters. The van der Waals surface area contributed by atoms with E-state index in [-0.39, 0.29) is 24.8 Å². The zero-order valence-electron chi connectivity index (χ0n) is 15.4. The van der Waals surface area contributed by atoms with Crippen molar-refractivity contribution in [2.24, 2.45) is 0 Å². The topological polar surface area (TPSA) is 55.5 Å². The Bertz CT molecular complexity index is 809. The van der Waals surface area contributed by atoms with Crippen LogP contribution in [0, 0.1) is 13.8 Å². The average Bonchev–Trinajstić information content (AvgIpc) is 2.85. The summed E-state index contributed by atoms with van der Waals surface area (Å²) in [7, 11) is 1.84. The lowest BCUT2D eigenvalue weighted by atomic mass is 10.1. The quantitative estimate of drug-likeness (QED) is 0.550. The fraction of sp³-hybridized carbons (Fsp3) is 0.300. The van der Waals surface area contributed by atoms with Gasteiger partial charge in [-0.3, -0.25) is 9.59 Å². The summed E-state index contributed by atoms with van der Waals surface area (Å²) in [6, 6.07) is 8.83. The van der Waals surface area contributed by atoms with E-state index in [1.807, 2.05) is 33.0 Å². The maximum Gasteiger partial charge on any atom is 0.279 e. The molecule has 0 spiro atoms. The Balaban J connectivity index is 1.94. The second-order valence-electron chi connectivity index (χ2n) is 6.47. The molecule has 1 amide bonds. The number of benzene rings is 1. The molecule has 0 aliphatic heterocycles. The van der Waals surface area contributed by atoms with E-state index >= 15 is 0 Å². The summed E-state index contributed by atoms with van der Waals surface area (Å²) in [6.45, 7) is 8.81. The molecule has 138 valence electrons. The van der Waals surface area contributed by atoms with E-state index in [1.165, 1.54) is 0 Å². The van der Waals surface area contributed by atoms with Crippen LogP contribution in [0.4, 0.5) is 5.69 Å². The number of halogens is 1. The smallest absolute Gasteiger partial charge is 0.279 e. The Morgan fingerprint density at radius 1 is 1.23 bits per heavy atom. The second-order valence-corrected chi connectivity index (χ2v) is 6.91. The van der Waals surface area contributed by atoms with Crippen LogP contribution in [0.5, 0.6) is 0 Å². The van der Waals surface area contributed by atoms with Gasteiger partial charge in [-0.05, 0) is 44.2 Å². The molecular formula is C20H25ClN3O2+. The first kappa shape index (κ1) is 19.9. The van der Waals surface area contributed by atoms with Gasteiger partial charge in [-0.2, -0.15) is 0 Å². The minimum absolute atomic E-state index is 0.0326. The number of aromatic nitrogens is 1. The number of hydrogen-bond acceptors (Lipinski definition) is 2. The predicted octanol–water partition coefficient (Wildman–Crippen LogP) is 2.28. The van der Waals surface area contributed by atoms with E-state index < -0.39 is 0 Å². The van der Waals surface area contributed by atoms with Gasteiger partial charge >= 0.3 is 0 Å². The third-order valence-corrected chi connectivity index (χ3v) is 4.49. The maximum absolute atomic E-state index is 12.6. The number of hydrogen-bond donors (Lipinski definition) is 2. The number of rotatable bonds is 8. The van der Waals surface area contributed by atoms with E-state index in [9.17, 15) is 9.59 Å². The van der Waals surface area contributed by atoms with Crippen molar-refractivity contribution in [3.05, 3.63) is 65.0 Å². The molecule has 26 heavy (non-hydrogen) atoms. The fourth-order valence-electron chi connectivity index (χ4n) is 2.94. The molecule has 2 N–H and O–H groups in total. The number of likely N-dealkylation sites (N-methyl/N-ethyl adjacent to an activating group) is 1. The molecular weight excluding hydrogens is 350 g/mol. The number of carbonyl (C=O) groups is 2. The average molecular weight is 375 g/mol. The first-order chi connectivity index (χ1) is 12.3. The number of quaternary nitrogens is 1. The predicted molar refractivity (Wildman–Crippen MR) is 105 cm³/mol. The van der Waals surface area contributed by atoms with Crippen molar-refractivity contribution in [2.75, 3.05) is 25.5 Å². The van der Waals surface area contributed by atoms with Crippen LogP contribution in [0.3, 0.4) is 0 Å². The first-order valence-corrected chi connectivity index (χ1v) is 8.87. The van der Waals surface area contributed by atoms with Crippen LogP contribution in [0.25, 0.3) is 0 Å². The monoisotopic (exact) mass is 374 g/mol. The number of carbonyl (C=O) groups excluding carboxylic acids is 2. The summed E-state index contributed by atoms with van der Waals surface area (Å²) in [5.41, 5.74) is 3.36. The molecule has 1 heterocycles. The van der Waals surface area contributed by atoms with Crippen molar-refractivity contribution in [1.82, 2.24) is 4.57 Å². The molecule has 0 bridgehead atoms. The van der Waals surface area contributed by atoms with Gasteiger partial charge < -0.3 is 14.8 Å². The van der Waals surface area contributed by atoms with Crippen molar-refractivity contribution in [3.8, 4) is 0 Å². The summed E-state index contributed by atoms with van der Waals surface area (Å²) in [6.07, 6.45) is 1.81. The molecule has 0 saturated heterocycles. The first-order valence-electron chi connectivity index (χ1n) is 8.49. The van der Waals surface area contributed by atoms with Gasteiger partial charge in [-0.15, -0.1) is 6.58 Å². The molecule has 1 aromatic carbocycles. The van der Waals surface area contributed by atoms with Crippen molar-refractivity contribution in [1.29, 1.82) is 0 Å². The Morgan fingerprint density at radius 3 is 2.50 bits per heavy atom. The molecule has 1 unspecified atom stereocenters. The molecule has 0 aliphatic rings. The minimum Gasteiger partial charge on any atom is -0.345 e. The number of ketones is 1. The van der Waals surface area contributed by atoms with E-state index in [0.717, 1.165) is 16.3 Å². The lowest BCUT2D eigenvalue weighted by Crippen LogP contribution is -3.11. The molecule has 6 heteroatoms. The van der Waals surface area contributed by atoms with E-state index in [0.29, 0.717) is 22.8 Å². The van der Waals surface area contributed by atoms with Gasteiger partial charge in [0.2, 0.25) is 5.78 Å². The van der Waals surface area contributed by atoms with E-state index in [2.05, 4.69) is 16.5 Å². The van der Waals surface area contributed by atoms with Gasteiger partial charge in [-0.1, -0.05) is 17.7 Å². The molecule has 2 rings (SSSR count). The van der Waals surface area contributed by atoms with Gasteiger partial charge in [0, 0.05) is 34.2 Å². The van der Waals surface area contributed by atoms with Crippen molar-refractivity contribution in [2.45, 2.75) is 20.4 Å². The van der Waals surface area contributed by atoms with Gasteiger partial charge in [0.05, 0.1) is 7.05 Å². The Kier molecular flexibility index (Phi) is 6.77. The largest absolute Gasteiger partial charge is 0.345 e. The number of amides is 1. The Hall–Kier alpha value is -2.37. The van der Waals surface area contributed by atoms with Crippen molar-refractivity contribution >= 4 is 29.0 Å². The van der Waals surface area contributed by atoms with Crippen molar-refractivity contribution in [3.63, 3.8) is 0 Å². The molecule has 0 fully saturated rings. The van der Waals surface area contributed by atoms with Gasteiger partial charge in [0.25, 0.3) is 5.91 Å². The molecule has 2 aromatic rings. The zero-order chi connectivity index (χ0) is 19.3. The van der Waals surface area contributed by atoms with Gasteiger partial charge in [-0.25, -0.2) is 0 Å². The van der Waals surface area contributed by atoms with Crippen LogP contribution < -0.4 is 10.2 Å². The van der Waals surface area contributed by atoms with Crippen LogP contribution in [0.2, 0.25) is 5.02 Å². The number of nitrogens with one attached hydrogen (secondary N) is 2. The highest BCUT2D eigenvalue weighted by molar-refractivity contribution is 6.30. The summed E-state index contributed by atoms with van der Waals surface area (Å²) >= 11 is 5.83. The van der Waals surface area contributed by atoms with Gasteiger partial charge in [0.1, 0.15) is 6.54 Å². The van der Waals surface area contributed by atoms with Gasteiger partial charge in [0.15, 0.2) is 6.54 Å². The lowest BCUT2D eigenvalue weighted by Gasteiger charge is -2.13. The molecule has 1 aromatic heterocycles. The standard InChI is InChI=1S/C20H24ClN3O2/c1-5-10-24-14(2)11-18(15(24)3)19(25)12-23(4)13-20(26)22-17-8-6-16(21)7-9-17/h5-9,11H,1,10,12-13H2,2-4H3,(H,22,26)/p+1. The Morgan fingerprint density at radius 2 is 1.88 bits per heavy atom. The highest BCUT2D eigenvalue weighted by Gasteiger charge is 2.20. The van der Waals surface area contributed by atoms with Crippen LogP contribution in [-0.4, -0.2) is 36.4 Å². The van der Waals surface area contributed by atoms with Crippen LogP contribution in [-0.2, 0) is 11.3 Å². The summed E-state index contributed by atoms with van der Waals surface area (Å²) in [5.74, 6) is -0.111. The summed E-state index contributed by atoms with van der Waals surface area (Å²) in [4.78, 5) is 25.6. The maximum atomic E-state index is 12.6. The highest BCUT2D eigenvalue weighted by atomic mass is 35.5. The van der Waals surface area contributed by atoms with E-state index in [1.54, 1.807) is 24.3 Å². The summed E-state index contributed by atoms with van der Waals surface area (Å²) in [5, 5.41) is 3.43. The SMILES string of the molecule is C=CCn1c(C)cc(C(=O)C[NH+](C)CC(=O)Nc2ccc(Cl)cc2)c1C. The highest BCUT2D eigenvalue weighted by Crippen LogP contribution is 2.15. The van der Waals surface area contributed by atoms with Crippen molar-refractivity contribution < 1.29 is 14.5 Å². The number of anilines is 1. The lowest BCUT2D eigenvalue weighted by molar-refractivity contribution is -0.861. The third kappa shape index (κ3) is 5.07. The number of allylic oxidation sites excluding steroid dienone is 1. The third-order valence-electron chi connectivity index (χ3n) is 4.24. The summed E-state index contributed by atoms with van der Waals surface area (Å²) < 4.78 is 2.06. The van der Waals surface area contributed by atoms with E-state index in [4.69, 9.17) is 11.6 Å². The number of aryl methyl sites for hydroxylation is 1. The number of nitrogens with zero attached hydrogens (tertiary/aromatic N) is 1. The Labute approximate surface area is 159 Å². The fourth-order valence-corrected chi connectivity index (χ4v) is 3.06. The van der Waals surface area contributed by atoms with Crippen LogP contribution >= 0.6 is 11.6 Å². The number of Topliss-reactive ketones (excluding diaryl/α,β-unsaturated/α-hetero) is 1. The van der Waals surface area contributed by atoms with Crippen LogP contribution in [0.1, 0.15) is 21.7 Å². The minimum atomic E-state index is -0.144. The molecule has 0 radical (unpaired) electrons. The molecule has 0 saturated carbocycles. The molecule has 0 aliphatic carbocycles. The normalized spacial score (nSPS) is 11.8. The second kappa shape index (κ2) is 8.83. The molecule has 5 nitrogen and oxygen atoms in total. The zero-order valence-corrected chi connectivity index (χ0v) is 16.2.